The van der Waals surface area contributed by atoms with E-state index in [1.165, 1.54) is 0 Å². The highest BCUT2D eigenvalue weighted by Gasteiger charge is 2.25. The molecule has 1 aromatic carbocycles. The molecule has 0 aliphatic carbocycles. The Balaban J connectivity index is 0.00000242. The average Bonchev–Trinajstić information content (AvgIpc) is 2.45. The number of carbonyl (C=O) groups excluding carboxylic acids is 2. The Bertz CT molecular complexity index is 527. The van der Waals surface area contributed by atoms with Crippen LogP contribution in [0.3, 0.4) is 0 Å². The molecule has 1 saturated heterocycles. The van der Waals surface area contributed by atoms with E-state index in [0.717, 1.165) is 30.2 Å². The third-order valence-corrected chi connectivity index (χ3v) is 3.85. The minimum Gasteiger partial charge on any atom is -0.351 e. The Morgan fingerprint density at radius 1 is 1.41 bits per heavy atom. The van der Waals surface area contributed by atoms with Gasteiger partial charge in [-0.15, -0.1) is 12.4 Å². The third kappa shape index (κ3) is 5.14. The summed E-state index contributed by atoms with van der Waals surface area (Å²) in [5.74, 6) is -0.362. The number of benzene rings is 1. The number of primary amides is 1. The molecule has 8 heteroatoms. The van der Waals surface area contributed by atoms with Crippen molar-refractivity contribution >= 4 is 35.9 Å². The molecule has 0 bridgehead atoms. The number of nitrogens with zero attached hydrogens (tertiary/aromatic N) is 1. The first-order valence-electron chi connectivity index (χ1n) is 6.86. The molecule has 1 fully saturated rings. The molecule has 1 aromatic rings. The number of imide groups is 1. The van der Waals surface area contributed by atoms with Crippen molar-refractivity contribution in [1.29, 1.82) is 0 Å². The quantitative estimate of drug-likeness (QED) is 0.766. The van der Waals surface area contributed by atoms with Gasteiger partial charge in [0.1, 0.15) is 0 Å². The first kappa shape index (κ1) is 18.7. The maximum absolute atomic E-state index is 11.5. The van der Waals surface area contributed by atoms with E-state index in [4.69, 9.17) is 17.3 Å². The van der Waals surface area contributed by atoms with E-state index in [2.05, 4.69) is 15.5 Å². The SMILES string of the molecule is Cl.NC(=O)NC(=O)CCN1CCNCC1c1ccccc1Cl. The molecule has 22 heavy (non-hydrogen) atoms. The van der Waals surface area contributed by atoms with E-state index < -0.39 is 6.03 Å². The Morgan fingerprint density at radius 2 is 2.14 bits per heavy atom. The van der Waals surface area contributed by atoms with E-state index in [9.17, 15) is 9.59 Å². The van der Waals surface area contributed by atoms with E-state index in [1.54, 1.807) is 0 Å². The smallest absolute Gasteiger partial charge is 0.318 e. The van der Waals surface area contributed by atoms with E-state index in [0.29, 0.717) is 6.54 Å². The molecule has 3 amide bonds. The van der Waals surface area contributed by atoms with Crippen LogP contribution in [-0.4, -0.2) is 43.0 Å². The fourth-order valence-electron chi connectivity index (χ4n) is 2.51. The summed E-state index contributed by atoms with van der Waals surface area (Å²) in [7, 11) is 0. The van der Waals surface area contributed by atoms with Crippen molar-refractivity contribution in [3.05, 3.63) is 34.9 Å². The summed E-state index contributed by atoms with van der Waals surface area (Å²) in [6, 6.07) is 7.01. The van der Waals surface area contributed by atoms with Gasteiger partial charge in [0.25, 0.3) is 0 Å². The molecular formula is C14H20Cl2N4O2. The van der Waals surface area contributed by atoms with Gasteiger partial charge in [0.2, 0.25) is 5.91 Å². The summed E-state index contributed by atoms with van der Waals surface area (Å²) in [5.41, 5.74) is 5.97. The molecule has 1 aliphatic rings. The van der Waals surface area contributed by atoms with Gasteiger partial charge in [-0.1, -0.05) is 29.8 Å². The number of urea groups is 1. The Hall–Kier alpha value is -1.34. The van der Waals surface area contributed by atoms with Gasteiger partial charge in [0.15, 0.2) is 0 Å². The number of carbonyl (C=O) groups is 2. The van der Waals surface area contributed by atoms with E-state index in [-0.39, 0.29) is 30.8 Å². The van der Waals surface area contributed by atoms with Crippen LogP contribution >= 0.6 is 24.0 Å². The molecular weight excluding hydrogens is 327 g/mol. The van der Waals surface area contributed by atoms with Gasteiger partial charge >= 0.3 is 6.03 Å². The number of hydrogen-bond acceptors (Lipinski definition) is 4. The lowest BCUT2D eigenvalue weighted by molar-refractivity contribution is -0.120. The monoisotopic (exact) mass is 346 g/mol. The van der Waals surface area contributed by atoms with Gasteiger partial charge < -0.3 is 11.1 Å². The number of halogens is 2. The second-order valence-corrected chi connectivity index (χ2v) is 5.35. The van der Waals surface area contributed by atoms with Crippen LogP contribution in [-0.2, 0) is 4.79 Å². The summed E-state index contributed by atoms with van der Waals surface area (Å²) in [6.45, 7) is 3.01. The second-order valence-electron chi connectivity index (χ2n) is 4.94. The summed E-state index contributed by atoms with van der Waals surface area (Å²) < 4.78 is 0. The van der Waals surface area contributed by atoms with Gasteiger partial charge in [-0.25, -0.2) is 4.79 Å². The first-order chi connectivity index (χ1) is 10.1. The molecule has 6 nitrogen and oxygen atoms in total. The van der Waals surface area contributed by atoms with Gasteiger partial charge in [-0.05, 0) is 11.6 Å². The summed E-state index contributed by atoms with van der Waals surface area (Å²) >= 11 is 6.26. The van der Waals surface area contributed by atoms with Crippen molar-refractivity contribution in [1.82, 2.24) is 15.5 Å². The zero-order chi connectivity index (χ0) is 15.2. The van der Waals surface area contributed by atoms with Crippen LogP contribution in [0.4, 0.5) is 4.79 Å². The number of nitrogens with two attached hydrogens (primary N) is 1. The maximum Gasteiger partial charge on any atom is 0.318 e. The second kappa shape index (κ2) is 8.95. The van der Waals surface area contributed by atoms with Crippen molar-refractivity contribution in [2.24, 2.45) is 5.73 Å². The van der Waals surface area contributed by atoms with Crippen LogP contribution in [0.15, 0.2) is 24.3 Å². The lowest BCUT2D eigenvalue weighted by Crippen LogP contribution is -2.47. The first-order valence-corrected chi connectivity index (χ1v) is 7.24. The molecule has 1 heterocycles. The minimum absolute atomic E-state index is 0. The van der Waals surface area contributed by atoms with Gasteiger partial charge in [0.05, 0.1) is 0 Å². The molecule has 2 rings (SSSR count). The molecule has 4 N–H and O–H groups in total. The summed E-state index contributed by atoms with van der Waals surface area (Å²) in [4.78, 5) is 24.4. The predicted octanol–water partition coefficient (Wildman–Crippen LogP) is 1.29. The van der Waals surface area contributed by atoms with Crippen LogP contribution in [0.25, 0.3) is 0 Å². The third-order valence-electron chi connectivity index (χ3n) is 3.51. The normalized spacial score (nSPS) is 18.3. The highest BCUT2D eigenvalue weighted by Crippen LogP contribution is 2.28. The molecule has 0 aromatic heterocycles. The number of rotatable bonds is 4. The highest BCUT2D eigenvalue weighted by molar-refractivity contribution is 6.31. The van der Waals surface area contributed by atoms with Gasteiger partial charge in [-0.2, -0.15) is 0 Å². The zero-order valence-electron chi connectivity index (χ0n) is 12.0. The van der Waals surface area contributed by atoms with Crippen LogP contribution in [0.1, 0.15) is 18.0 Å². The van der Waals surface area contributed by atoms with Gasteiger partial charge in [-0.3, -0.25) is 15.0 Å². The van der Waals surface area contributed by atoms with Crippen LogP contribution in [0, 0.1) is 0 Å². The van der Waals surface area contributed by atoms with E-state index in [1.807, 2.05) is 24.3 Å². The number of amides is 3. The fourth-order valence-corrected chi connectivity index (χ4v) is 2.77. The predicted molar refractivity (Wildman–Crippen MR) is 88.2 cm³/mol. The lowest BCUT2D eigenvalue weighted by Gasteiger charge is -2.36. The Labute approximate surface area is 140 Å². The Kier molecular flexibility index (Phi) is 7.61. The minimum atomic E-state index is -0.817. The molecule has 1 unspecified atom stereocenters. The lowest BCUT2D eigenvalue weighted by atomic mass is 10.0. The number of hydrogen-bond donors (Lipinski definition) is 3. The van der Waals surface area contributed by atoms with Crippen molar-refractivity contribution in [3.8, 4) is 0 Å². The molecule has 0 saturated carbocycles. The maximum atomic E-state index is 11.5. The average molecular weight is 347 g/mol. The largest absolute Gasteiger partial charge is 0.351 e. The van der Waals surface area contributed by atoms with Crippen LogP contribution < -0.4 is 16.4 Å². The van der Waals surface area contributed by atoms with E-state index >= 15 is 0 Å². The summed E-state index contributed by atoms with van der Waals surface area (Å²) in [5, 5.41) is 6.14. The highest BCUT2D eigenvalue weighted by atomic mass is 35.5. The molecule has 1 atom stereocenters. The fraction of sp³-hybridized carbons (Fsp3) is 0.429. The van der Waals surface area contributed by atoms with Crippen molar-refractivity contribution < 1.29 is 9.59 Å². The summed E-state index contributed by atoms with van der Waals surface area (Å²) in [6.07, 6.45) is 0.226. The molecule has 122 valence electrons. The van der Waals surface area contributed by atoms with Crippen molar-refractivity contribution in [3.63, 3.8) is 0 Å². The number of piperazine rings is 1. The van der Waals surface area contributed by atoms with Crippen LogP contribution in [0.2, 0.25) is 5.02 Å². The molecule has 0 spiro atoms. The van der Waals surface area contributed by atoms with Crippen LogP contribution in [0.5, 0.6) is 0 Å². The van der Waals surface area contributed by atoms with Gasteiger partial charge in [0, 0.05) is 43.7 Å². The number of nitrogens with one attached hydrogen (secondary N) is 2. The Morgan fingerprint density at radius 3 is 2.82 bits per heavy atom. The standard InChI is InChI=1S/C14H19ClN4O2.ClH/c15-11-4-2-1-3-10(11)12-9-17-6-8-19(12)7-5-13(20)18-14(16)21;/h1-4,12,17H,5-9H2,(H3,16,18,20,21);1H. The molecule has 1 aliphatic heterocycles. The van der Waals surface area contributed by atoms with Crippen molar-refractivity contribution in [2.75, 3.05) is 26.2 Å². The van der Waals surface area contributed by atoms with Crippen molar-refractivity contribution in [2.45, 2.75) is 12.5 Å². The molecule has 0 radical (unpaired) electrons. The topological polar surface area (TPSA) is 87.5 Å². The zero-order valence-corrected chi connectivity index (χ0v) is 13.6.